The standard InChI is InChI=1S/C12H18N4O2/c1-3-13-11-8-7-10(16(17)18)12(14-11)15(4-2)9-5-6-9/h7-9H,3-6H2,1-2H3,(H,13,14). The molecule has 18 heavy (non-hydrogen) atoms. The van der Waals surface area contributed by atoms with Gasteiger partial charge in [0.25, 0.3) is 0 Å². The van der Waals surface area contributed by atoms with Crippen LogP contribution in [0.2, 0.25) is 0 Å². The highest BCUT2D eigenvalue weighted by Gasteiger charge is 2.33. The lowest BCUT2D eigenvalue weighted by Crippen LogP contribution is -2.27. The molecule has 2 rings (SSSR count). The first-order valence-corrected chi connectivity index (χ1v) is 6.33. The van der Waals surface area contributed by atoms with Gasteiger partial charge in [-0.3, -0.25) is 10.1 Å². The Morgan fingerprint density at radius 3 is 2.72 bits per heavy atom. The van der Waals surface area contributed by atoms with Crippen LogP contribution < -0.4 is 10.2 Å². The lowest BCUT2D eigenvalue weighted by Gasteiger charge is -2.21. The lowest BCUT2D eigenvalue weighted by molar-refractivity contribution is -0.384. The van der Waals surface area contributed by atoms with Crippen molar-refractivity contribution in [1.82, 2.24) is 4.98 Å². The second-order valence-corrected chi connectivity index (χ2v) is 4.34. The fraction of sp³-hybridized carbons (Fsp3) is 0.583. The van der Waals surface area contributed by atoms with Crippen molar-refractivity contribution in [2.24, 2.45) is 0 Å². The molecule has 0 spiro atoms. The van der Waals surface area contributed by atoms with E-state index in [9.17, 15) is 10.1 Å². The van der Waals surface area contributed by atoms with Crippen LogP contribution in [0.25, 0.3) is 0 Å². The highest BCUT2D eigenvalue weighted by molar-refractivity contribution is 5.62. The molecule has 1 fully saturated rings. The highest BCUT2D eigenvalue weighted by atomic mass is 16.6. The molecular weight excluding hydrogens is 232 g/mol. The predicted octanol–water partition coefficient (Wildman–Crippen LogP) is 2.41. The molecule has 0 bridgehead atoms. The Labute approximate surface area is 106 Å². The fourth-order valence-electron chi connectivity index (χ4n) is 2.04. The van der Waals surface area contributed by atoms with Crippen molar-refractivity contribution < 1.29 is 4.92 Å². The van der Waals surface area contributed by atoms with Gasteiger partial charge in [0.05, 0.1) is 4.92 Å². The van der Waals surface area contributed by atoms with Gasteiger partial charge < -0.3 is 10.2 Å². The molecule has 0 saturated heterocycles. The average Bonchev–Trinajstić information content (AvgIpc) is 3.15. The van der Waals surface area contributed by atoms with Crippen molar-refractivity contribution in [2.45, 2.75) is 32.7 Å². The van der Waals surface area contributed by atoms with E-state index in [1.807, 2.05) is 18.7 Å². The Morgan fingerprint density at radius 2 is 2.22 bits per heavy atom. The summed E-state index contributed by atoms with van der Waals surface area (Å²) in [6.07, 6.45) is 2.19. The van der Waals surface area contributed by atoms with Crippen LogP contribution in [0.4, 0.5) is 17.3 Å². The molecule has 0 radical (unpaired) electrons. The largest absolute Gasteiger partial charge is 0.370 e. The Morgan fingerprint density at radius 1 is 1.50 bits per heavy atom. The normalized spacial score (nSPS) is 14.3. The van der Waals surface area contributed by atoms with Crippen molar-refractivity contribution in [1.29, 1.82) is 0 Å². The van der Waals surface area contributed by atoms with Crippen LogP contribution in [0, 0.1) is 10.1 Å². The predicted molar refractivity (Wildman–Crippen MR) is 71.1 cm³/mol. The fourth-order valence-corrected chi connectivity index (χ4v) is 2.04. The minimum Gasteiger partial charge on any atom is -0.370 e. The van der Waals surface area contributed by atoms with E-state index in [2.05, 4.69) is 10.3 Å². The molecule has 0 aliphatic heterocycles. The topological polar surface area (TPSA) is 71.3 Å². The van der Waals surface area contributed by atoms with Gasteiger partial charge in [-0.1, -0.05) is 0 Å². The molecular formula is C12H18N4O2. The van der Waals surface area contributed by atoms with Gasteiger partial charge in [-0.15, -0.1) is 0 Å². The number of nitrogens with zero attached hydrogens (tertiary/aromatic N) is 3. The van der Waals surface area contributed by atoms with E-state index < -0.39 is 0 Å². The Hall–Kier alpha value is -1.85. The number of anilines is 2. The Balaban J connectivity index is 2.38. The molecule has 6 nitrogen and oxygen atoms in total. The first-order chi connectivity index (χ1) is 8.67. The second kappa shape index (κ2) is 5.20. The molecule has 1 aliphatic carbocycles. The summed E-state index contributed by atoms with van der Waals surface area (Å²) in [6, 6.07) is 3.61. The van der Waals surface area contributed by atoms with Crippen molar-refractivity contribution >= 4 is 17.3 Å². The van der Waals surface area contributed by atoms with Gasteiger partial charge in [-0.05, 0) is 32.8 Å². The van der Waals surface area contributed by atoms with Crippen LogP contribution in [0.1, 0.15) is 26.7 Å². The van der Waals surface area contributed by atoms with Gasteiger partial charge >= 0.3 is 5.69 Å². The lowest BCUT2D eigenvalue weighted by atomic mass is 10.3. The van der Waals surface area contributed by atoms with Crippen molar-refractivity contribution in [3.63, 3.8) is 0 Å². The quantitative estimate of drug-likeness (QED) is 0.620. The summed E-state index contributed by atoms with van der Waals surface area (Å²) in [6.45, 7) is 5.47. The summed E-state index contributed by atoms with van der Waals surface area (Å²) in [5, 5.41) is 14.2. The highest BCUT2D eigenvalue weighted by Crippen LogP contribution is 2.35. The molecule has 1 saturated carbocycles. The van der Waals surface area contributed by atoms with E-state index >= 15 is 0 Å². The van der Waals surface area contributed by atoms with Crippen LogP contribution in [0.15, 0.2) is 12.1 Å². The zero-order valence-electron chi connectivity index (χ0n) is 10.7. The summed E-state index contributed by atoms with van der Waals surface area (Å²) in [7, 11) is 0. The molecule has 6 heteroatoms. The number of aromatic nitrogens is 1. The first-order valence-electron chi connectivity index (χ1n) is 6.33. The molecule has 1 aromatic rings. The zero-order chi connectivity index (χ0) is 13.1. The first kappa shape index (κ1) is 12.6. The second-order valence-electron chi connectivity index (χ2n) is 4.34. The van der Waals surface area contributed by atoms with Gasteiger partial charge in [0.15, 0.2) is 0 Å². The number of hydrogen-bond donors (Lipinski definition) is 1. The van der Waals surface area contributed by atoms with E-state index in [4.69, 9.17) is 0 Å². The summed E-state index contributed by atoms with van der Waals surface area (Å²) in [4.78, 5) is 17.1. The maximum Gasteiger partial charge on any atom is 0.311 e. The Bertz CT molecular complexity index is 446. The van der Waals surface area contributed by atoms with Gasteiger partial charge in [-0.25, -0.2) is 4.98 Å². The smallest absolute Gasteiger partial charge is 0.311 e. The minimum atomic E-state index is -0.358. The van der Waals surface area contributed by atoms with Gasteiger partial charge in [0.1, 0.15) is 5.82 Å². The van der Waals surface area contributed by atoms with Crippen LogP contribution >= 0.6 is 0 Å². The maximum atomic E-state index is 11.1. The van der Waals surface area contributed by atoms with Gasteiger partial charge in [0.2, 0.25) is 5.82 Å². The van der Waals surface area contributed by atoms with Crippen LogP contribution in [-0.4, -0.2) is 29.0 Å². The van der Waals surface area contributed by atoms with Crippen LogP contribution in [0.3, 0.4) is 0 Å². The van der Waals surface area contributed by atoms with E-state index in [0.717, 1.165) is 25.9 Å². The monoisotopic (exact) mass is 250 g/mol. The van der Waals surface area contributed by atoms with Crippen molar-refractivity contribution in [3.05, 3.63) is 22.2 Å². The molecule has 98 valence electrons. The molecule has 1 aliphatic rings. The molecule has 0 atom stereocenters. The summed E-state index contributed by atoms with van der Waals surface area (Å²) < 4.78 is 0. The summed E-state index contributed by atoms with van der Waals surface area (Å²) in [5.41, 5.74) is 0.0883. The summed E-state index contributed by atoms with van der Waals surface area (Å²) in [5.74, 6) is 1.18. The SMILES string of the molecule is CCNc1ccc([N+](=O)[O-])c(N(CC)C2CC2)n1. The third-order valence-electron chi connectivity index (χ3n) is 3.01. The average molecular weight is 250 g/mol. The molecule has 0 aromatic carbocycles. The number of nitrogens with one attached hydrogen (secondary N) is 1. The molecule has 1 heterocycles. The molecule has 1 aromatic heterocycles. The van der Waals surface area contributed by atoms with Gasteiger partial charge in [0, 0.05) is 25.2 Å². The van der Waals surface area contributed by atoms with E-state index in [-0.39, 0.29) is 10.6 Å². The third kappa shape index (κ3) is 2.52. The minimum absolute atomic E-state index is 0.0883. The molecule has 1 N–H and O–H groups in total. The van der Waals surface area contributed by atoms with Gasteiger partial charge in [-0.2, -0.15) is 0 Å². The van der Waals surface area contributed by atoms with E-state index in [0.29, 0.717) is 17.7 Å². The maximum absolute atomic E-state index is 11.1. The van der Waals surface area contributed by atoms with Crippen molar-refractivity contribution in [2.75, 3.05) is 23.3 Å². The molecule has 0 unspecified atom stereocenters. The van der Waals surface area contributed by atoms with Crippen molar-refractivity contribution in [3.8, 4) is 0 Å². The third-order valence-corrected chi connectivity index (χ3v) is 3.01. The number of nitro groups is 1. The van der Waals surface area contributed by atoms with Crippen LogP contribution in [-0.2, 0) is 0 Å². The number of rotatable bonds is 6. The van der Waals surface area contributed by atoms with Crippen LogP contribution in [0.5, 0.6) is 0 Å². The molecule has 0 amide bonds. The Kier molecular flexibility index (Phi) is 3.64. The van der Waals surface area contributed by atoms with E-state index in [1.165, 1.54) is 6.07 Å². The zero-order valence-corrected chi connectivity index (χ0v) is 10.7. The van der Waals surface area contributed by atoms with E-state index in [1.54, 1.807) is 6.07 Å². The number of pyridine rings is 1. The number of hydrogen-bond acceptors (Lipinski definition) is 5. The summed E-state index contributed by atoms with van der Waals surface area (Å²) >= 11 is 0.